The van der Waals surface area contributed by atoms with Gasteiger partial charge in [0.05, 0.1) is 12.3 Å². The first-order valence-corrected chi connectivity index (χ1v) is 13.0. The molecule has 0 aliphatic rings. The van der Waals surface area contributed by atoms with Crippen LogP contribution in [0.4, 0.5) is 5.69 Å². The maximum Gasteiger partial charge on any atom is 0.221 e. The molecule has 4 nitrogen and oxygen atoms in total. The van der Waals surface area contributed by atoms with Crippen molar-refractivity contribution < 1.29 is 14.6 Å². The van der Waals surface area contributed by atoms with Crippen molar-refractivity contribution in [3.63, 3.8) is 0 Å². The van der Waals surface area contributed by atoms with Gasteiger partial charge in [0.25, 0.3) is 0 Å². The molecule has 0 aliphatic heterocycles. The lowest BCUT2D eigenvalue weighted by Crippen LogP contribution is -2.15. The SMILES string of the molecule is CCCCCCCCCCCCCCCCOc1cc(O)c(NC(C)=O)cc1C(C)(C)C. The van der Waals surface area contributed by atoms with Crippen molar-refractivity contribution >= 4 is 11.6 Å². The van der Waals surface area contributed by atoms with Crippen molar-refractivity contribution in [3.05, 3.63) is 17.7 Å². The maximum atomic E-state index is 11.4. The third-order valence-corrected chi connectivity index (χ3v) is 5.97. The van der Waals surface area contributed by atoms with Gasteiger partial charge < -0.3 is 15.2 Å². The van der Waals surface area contributed by atoms with E-state index in [2.05, 4.69) is 33.0 Å². The van der Waals surface area contributed by atoms with Gasteiger partial charge in [0.15, 0.2) is 0 Å². The second-order valence-electron chi connectivity index (χ2n) is 10.2. The molecular weight excluding hydrogens is 398 g/mol. The van der Waals surface area contributed by atoms with E-state index in [-0.39, 0.29) is 17.1 Å². The van der Waals surface area contributed by atoms with Crippen molar-refractivity contribution in [1.29, 1.82) is 0 Å². The third-order valence-electron chi connectivity index (χ3n) is 5.97. The van der Waals surface area contributed by atoms with E-state index in [4.69, 9.17) is 4.74 Å². The predicted molar refractivity (Wildman–Crippen MR) is 137 cm³/mol. The Morgan fingerprint density at radius 2 is 1.31 bits per heavy atom. The van der Waals surface area contributed by atoms with E-state index >= 15 is 0 Å². The molecule has 1 aromatic rings. The monoisotopic (exact) mass is 447 g/mol. The number of amides is 1. The number of anilines is 1. The Bertz CT molecular complexity index is 649. The minimum atomic E-state index is -0.198. The summed E-state index contributed by atoms with van der Waals surface area (Å²) in [5, 5.41) is 13.0. The highest BCUT2D eigenvalue weighted by atomic mass is 16.5. The van der Waals surface area contributed by atoms with E-state index in [0.29, 0.717) is 18.0 Å². The molecule has 0 fully saturated rings. The first-order chi connectivity index (χ1) is 15.3. The highest BCUT2D eigenvalue weighted by molar-refractivity contribution is 5.90. The Kier molecular flexibility index (Phi) is 14.2. The lowest BCUT2D eigenvalue weighted by molar-refractivity contribution is -0.114. The summed E-state index contributed by atoms with van der Waals surface area (Å²) in [5.74, 6) is 0.555. The number of phenols is 1. The summed E-state index contributed by atoms with van der Waals surface area (Å²) in [4.78, 5) is 11.4. The number of ether oxygens (including phenoxy) is 1. The summed E-state index contributed by atoms with van der Waals surface area (Å²) in [6.07, 6.45) is 18.7. The molecule has 0 aliphatic carbocycles. The quantitative estimate of drug-likeness (QED) is 0.186. The average molecular weight is 448 g/mol. The number of hydrogen-bond donors (Lipinski definition) is 2. The molecule has 0 atom stereocenters. The summed E-state index contributed by atoms with van der Waals surface area (Å²) >= 11 is 0. The molecule has 0 bridgehead atoms. The number of nitrogens with one attached hydrogen (secondary N) is 1. The van der Waals surface area contributed by atoms with Gasteiger partial charge in [0.1, 0.15) is 11.5 Å². The average Bonchev–Trinajstić information content (AvgIpc) is 2.71. The standard InChI is InChI=1S/C28H49NO3/c1-6-7-8-9-10-11-12-13-14-15-16-17-18-19-20-32-27-22-26(31)25(29-23(2)30)21-24(27)28(3,4)5/h21-22,31H,6-20H2,1-5H3,(H,29,30). The number of carbonyl (C=O) groups is 1. The van der Waals surface area contributed by atoms with Crippen molar-refractivity contribution in [2.45, 2.75) is 130 Å². The molecule has 4 heteroatoms. The van der Waals surface area contributed by atoms with E-state index < -0.39 is 0 Å². The Hall–Kier alpha value is -1.71. The summed E-state index contributed by atoms with van der Waals surface area (Å²) < 4.78 is 6.04. The number of rotatable bonds is 17. The zero-order valence-electron chi connectivity index (χ0n) is 21.5. The molecule has 1 amide bonds. The Morgan fingerprint density at radius 1 is 0.844 bits per heavy atom. The van der Waals surface area contributed by atoms with E-state index in [1.807, 2.05) is 6.07 Å². The van der Waals surface area contributed by atoms with E-state index in [0.717, 1.165) is 12.0 Å². The fraction of sp³-hybridized carbons (Fsp3) is 0.750. The number of benzene rings is 1. The van der Waals surface area contributed by atoms with Crippen LogP contribution in [-0.4, -0.2) is 17.6 Å². The Balaban J connectivity index is 2.21. The molecule has 2 N–H and O–H groups in total. The lowest BCUT2D eigenvalue weighted by atomic mass is 9.86. The molecule has 0 unspecified atom stereocenters. The minimum Gasteiger partial charge on any atom is -0.506 e. The van der Waals surface area contributed by atoms with Crippen LogP contribution in [0.1, 0.15) is 130 Å². The van der Waals surface area contributed by atoms with Crippen LogP contribution in [0, 0.1) is 0 Å². The van der Waals surface area contributed by atoms with Crippen LogP contribution in [0.15, 0.2) is 12.1 Å². The van der Waals surface area contributed by atoms with Crippen LogP contribution in [0.5, 0.6) is 11.5 Å². The van der Waals surface area contributed by atoms with Crippen LogP contribution >= 0.6 is 0 Å². The molecule has 1 aromatic carbocycles. The van der Waals surface area contributed by atoms with Gasteiger partial charge in [-0.2, -0.15) is 0 Å². The highest BCUT2D eigenvalue weighted by Gasteiger charge is 2.22. The molecule has 0 spiro atoms. The molecule has 0 saturated carbocycles. The van der Waals surface area contributed by atoms with Crippen molar-refractivity contribution in [2.75, 3.05) is 11.9 Å². The van der Waals surface area contributed by atoms with Gasteiger partial charge in [0, 0.05) is 18.6 Å². The highest BCUT2D eigenvalue weighted by Crippen LogP contribution is 2.38. The summed E-state index contributed by atoms with van der Waals surface area (Å²) in [5.41, 5.74) is 1.28. The third kappa shape index (κ3) is 12.4. The largest absolute Gasteiger partial charge is 0.506 e. The van der Waals surface area contributed by atoms with E-state index in [1.165, 1.54) is 90.4 Å². The van der Waals surface area contributed by atoms with Crippen LogP contribution in [0.25, 0.3) is 0 Å². The van der Waals surface area contributed by atoms with Gasteiger partial charge >= 0.3 is 0 Å². The smallest absolute Gasteiger partial charge is 0.221 e. The Labute approximate surface area is 197 Å². The van der Waals surface area contributed by atoms with Gasteiger partial charge in [-0.15, -0.1) is 0 Å². The van der Waals surface area contributed by atoms with Gasteiger partial charge in [-0.05, 0) is 17.9 Å². The molecular formula is C28H49NO3. The first kappa shape index (κ1) is 28.3. The van der Waals surface area contributed by atoms with Crippen LogP contribution in [0.2, 0.25) is 0 Å². The van der Waals surface area contributed by atoms with Gasteiger partial charge in [-0.1, -0.05) is 111 Å². The molecule has 0 radical (unpaired) electrons. The van der Waals surface area contributed by atoms with Crippen molar-refractivity contribution in [1.82, 2.24) is 0 Å². The summed E-state index contributed by atoms with van der Waals surface area (Å²) in [7, 11) is 0. The van der Waals surface area contributed by atoms with E-state index in [1.54, 1.807) is 6.07 Å². The molecule has 0 aromatic heterocycles. The first-order valence-electron chi connectivity index (χ1n) is 13.0. The van der Waals surface area contributed by atoms with Crippen molar-refractivity contribution in [2.24, 2.45) is 0 Å². The van der Waals surface area contributed by atoms with Crippen LogP contribution in [0.3, 0.4) is 0 Å². The number of aromatic hydroxyl groups is 1. The molecule has 0 heterocycles. The normalized spacial score (nSPS) is 11.5. The number of unbranched alkanes of at least 4 members (excludes halogenated alkanes) is 13. The fourth-order valence-corrected chi connectivity index (χ4v) is 4.04. The molecule has 32 heavy (non-hydrogen) atoms. The van der Waals surface area contributed by atoms with Crippen LogP contribution < -0.4 is 10.1 Å². The maximum absolute atomic E-state index is 11.4. The minimum absolute atomic E-state index is 0.0455. The van der Waals surface area contributed by atoms with Crippen LogP contribution in [-0.2, 0) is 10.2 Å². The molecule has 1 rings (SSSR count). The topological polar surface area (TPSA) is 58.6 Å². The fourth-order valence-electron chi connectivity index (χ4n) is 4.04. The van der Waals surface area contributed by atoms with Gasteiger partial charge in [0.2, 0.25) is 5.91 Å². The number of phenolic OH excluding ortho intramolecular Hbond substituents is 1. The predicted octanol–water partition coefficient (Wildman–Crippen LogP) is 8.51. The summed E-state index contributed by atoms with van der Waals surface area (Å²) in [6.45, 7) is 10.7. The number of carbonyl (C=O) groups excluding carboxylic acids is 1. The Morgan fingerprint density at radius 3 is 1.75 bits per heavy atom. The zero-order valence-corrected chi connectivity index (χ0v) is 21.5. The molecule has 0 saturated heterocycles. The van der Waals surface area contributed by atoms with E-state index in [9.17, 15) is 9.90 Å². The second-order valence-corrected chi connectivity index (χ2v) is 10.2. The second kappa shape index (κ2) is 16.0. The lowest BCUT2D eigenvalue weighted by Gasteiger charge is -2.24. The number of hydrogen-bond acceptors (Lipinski definition) is 3. The van der Waals surface area contributed by atoms with Gasteiger partial charge in [-0.25, -0.2) is 0 Å². The molecule has 184 valence electrons. The van der Waals surface area contributed by atoms with Crippen molar-refractivity contribution in [3.8, 4) is 11.5 Å². The summed E-state index contributed by atoms with van der Waals surface area (Å²) in [6, 6.07) is 3.47. The zero-order chi connectivity index (χ0) is 23.8. The van der Waals surface area contributed by atoms with Gasteiger partial charge in [-0.3, -0.25) is 4.79 Å².